The highest BCUT2D eigenvalue weighted by atomic mass is 16.7. The Kier molecular flexibility index (Phi) is 3.06. The fourth-order valence-corrected chi connectivity index (χ4v) is 2.23. The Hall–Kier alpha value is -1.22. The van der Waals surface area contributed by atoms with Gasteiger partial charge in [0.05, 0.1) is 0 Å². The number of benzene rings is 1. The molecule has 3 heteroatoms. The number of hydrogen-bond acceptors (Lipinski definition) is 3. The molecular weight excluding hydrogens is 204 g/mol. The molecule has 1 fully saturated rings. The highest BCUT2D eigenvalue weighted by molar-refractivity contribution is 5.51. The van der Waals surface area contributed by atoms with Gasteiger partial charge < -0.3 is 14.6 Å². The van der Waals surface area contributed by atoms with Crippen molar-refractivity contribution >= 4 is 0 Å². The highest BCUT2D eigenvalue weighted by Crippen LogP contribution is 2.56. The zero-order valence-electron chi connectivity index (χ0n) is 9.82. The minimum absolute atomic E-state index is 0.133. The fourth-order valence-electron chi connectivity index (χ4n) is 2.23. The molecule has 0 spiro atoms. The molecule has 0 aromatic heterocycles. The maximum atomic E-state index is 9.98. The van der Waals surface area contributed by atoms with Gasteiger partial charge in [-0.3, -0.25) is 0 Å². The largest absolute Gasteiger partial charge is 0.508 e. The first-order valence-electron chi connectivity index (χ1n) is 5.68. The van der Waals surface area contributed by atoms with E-state index in [9.17, 15) is 5.11 Å². The van der Waals surface area contributed by atoms with Crippen molar-refractivity contribution in [2.24, 2.45) is 0 Å². The zero-order valence-corrected chi connectivity index (χ0v) is 9.82. The summed E-state index contributed by atoms with van der Waals surface area (Å²) in [6, 6.07) is 5.42. The zero-order chi connectivity index (χ0) is 11.6. The van der Waals surface area contributed by atoms with Crippen molar-refractivity contribution in [3.05, 3.63) is 23.8 Å². The van der Waals surface area contributed by atoms with Gasteiger partial charge >= 0.3 is 0 Å². The number of aromatic hydroxyl groups is 1. The monoisotopic (exact) mass is 222 g/mol. The normalized spacial score (nSPS) is 17.1. The molecule has 0 heterocycles. The quantitative estimate of drug-likeness (QED) is 0.778. The molecular formula is C13H18O3. The minimum atomic E-state index is 0.133. The van der Waals surface area contributed by atoms with Crippen LogP contribution in [0, 0.1) is 0 Å². The SMILES string of the molecule is CCC1(c2c(O)cccc2OCOC)CC1. The van der Waals surface area contributed by atoms with Gasteiger partial charge in [0, 0.05) is 18.1 Å². The number of phenols is 1. The number of phenolic OH excluding ortho intramolecular Hbond substituents is 1. The number of hydrogen-bond donors (Lipinski definition) is 1. The van der Waals surface area contributed by atoms with Crippen molar-refractivity contribution in [1.82, 2.24) is 0 Å². The summed E-state index contributed by atoms with van der Waals surface area (Å²) in [6.45, 7) is 2.37. The van der Waals surface area contributed by atoms with Gasteiger partial charge in [-0.2, -0.15) is 0 Å². The standard InChI is InChI=1S/C13H18O3/c1-3-13(7-8-13)12-10(14)5-4-6-11(12)16-9-15-2/h4-6,14H,3,7-9H2,1-2H3. The first kappa shape index (κ1) is 11.3. The summed E-state index contributed by atoms with van der Waals surface area (Å²) in [4.78, 5) is 0. The second-order valence-corrected chi connectivity index (χ2v) is 4.34. The lowest BCUT2D eigenvalue weighted by Gasteiger charge is -2.19. The predicted molar refractivity (Wildman–Crippen MR) is 61.8 cm³/mol. The van der Waals surface area contributed by atoms with E-state index in [1.165, 1.54) is 0 Å². The van der Waals surface area contributed by atoms with Crippen molar-refractivity contribution in [2.45, 2.75) is 31.6 Å². The maximum absolute atomic E-state index is 9.98. The molecule has 3 nitrogen and oxygen atoms in total. The third-order valence-corrected chi connectivity index (χ3v) is 3.40. The first-order chi connectivity index (χ1) is 7.73. The van der Waals surface area contributed by atoms with Gasteiger partial charge in [0.15, 0.2) is 6.79 Å². The molecule has 0 saturated heterocycles. The summed E-state index contributed by atoms with van der Waals surface area (Å²) in [6.07, 6.45) is 3.29. The van der Waals surface area contributed by atoms with Crippen LogP contribution in [-0.2, 0) is 10.2 Å². The Balaban J connectivity index is 2.33. The van der Waals surface area contributed by atoms with Crippen LogP contribution in [0.25, 0.3) is 0 Å². The van der Waals surface area contributed by atoms with E-state index in [-0.39, 0.29) is 12.2 Å². The van der Waals surface area contributed by atoms with Crippen LogP contribution in [0.15, 0.2) is 18.2 Å². The first-order valence-corrected chi connectivity index (χ1v) is 5.68. The fraction of sp³-hybridized carbons (Fsp3) is 0.538. The van der Waals surface area contributed by atoms with E-state index < -0.39 is 0 Å². The molecule has 1 aliphatic carbocycles. The summed E-state index contributed by atoms with van der Waals surface area (Å²) in [5.41, 5.74) is 1.09. The molecule has 2 rings (SSSR count). The molecule has 0 amide bonds. The van der Waals surface area contributed by atoms with Crippen LogP contribution in [0.5, 0.6) is 11.5 Å². The Morgan fingerprint density at radius 1 is 1.38 bits per heavy atom. The van der Waals surface area contributed by atoms with Gasteiger partial charge in [-0.25, -0.2) is 0 Å². The van der Waals surface area contributed by atoms with Crippen LogP contribution in [0.2, 0.25) is 0 Å². The van der Waals surface area contributed by atoms with Crippen LogP contribution in [0.4, 0.5) is 0 Å². The molecule has 88 valence electrons. The molecule has 1 saturated carbocycles. The van der Waals surface area contributed by atoms with E-state index in [0.29, 0.717) is 5.75 Å². The summed E-state index contributed by atoms with van der Waals surface area (Å²) < 4.78 is 10.4. The van der Waals surface area contributed by atoms with Gasteiger partial charge in [0.1, 0.15) is 11.5 Å². The average molecular weight is 222 g/mol. The van der Waals surface area contributed by atoms with Crippen molar-refractivity contribution in [2.75, 3.05) is 13.9 Å². The van der Waals surface area contributed by atoms with Gasteiger partial charge in [-0.05, 0) is 31.4 Å². The van der Waals surface area contributed by atoms with Gasteiger partial charge in [-0.15, -0.1) is 0 Å². The van der Waals surface area contributed by atoms with Crippen molar-refractivity contribution in [3.8, 4) is 11.5 Å². The molecule has 0 unspecified atom stereocenters. The van der Waals surface area contributed by atoms with Gasteiger partial charge in [0.25, 0.3) is 0 Å². The number of rotatable bonds is 5. The van der Waals surface area contributed by atoms with E-state index in [4.69, 9.17) is 9.47 Å². The van der Waals surface area contributed by atoms with Crippen molar-refractivity contribution < 1.29 is 14.6 Å². The summed E-state index contributed by atoms with van der Waals surface area (Å²) >= 11 is 0. The lowest BCUT2D eigenvalue weighted by atomic mass is 9.91. The molecule has 0 bridgehead atoms. The van der Waals surface area contributed by atoms with E-state index >= 15 is 0 Å². The van der Waals surface area contributed by atoms with Gasteiger partial charge in [0.2, 0.25) is 0 Å². The second kappa shape index (κ2) is 4.34. The molecule has 0 aliphatic heterocycles. The molecule has 1 aliphatic rings. The molecule has 0 radical (unpaired) electrons. The maximum Gasteiger partial charge on any atom is 0.188 e. The Bertz CT molecular complexity index is 369. The van der Waals surface area contributed by atoms with Crippen LogP contribution < -0.4 is 4.74 Å². The Labute approximate surface area is 96.0 Å². The summed E-state index contributed by atoms with van der Waals surface area (Å²) in [7, 11) is 1.59. The van der Waals surface area contributed by atoms with E-state index in [1.54, 1.807) is 19.2 Å². The van der Waals surface area contributed by atoms with Crippen molar-refractivity contribution in [1.29, 1.82) is 0 Å². The molecule has 1 aromatic carbocycles. The molecule has 1 aromatic rings. The lowest BCUT2D eigenvalue weighted by Crippen LogP contribution is -2.09. The third kappa shape index (κ3) is 1.87. The summed E-state index contributed by atoms with van der Waals surface area (Å²) in [5.74, 6) is 1.09. The number of ether oxygens (including phenoxy) is 2. The van der Waals surface area contributed by atoms with E-state index in [2.05, 4.69) is 6.92 Å². The van der Waals surface area contributed by atoms with E-state index in [1.807, 2.05) is 6.07 Å². The third-order valence-electron chi connectivity index (χ3n) is 3.40. The van der Waals surface area contributed by atoms with Crippen LogP contribution in [-0.4, -0.2) is 19.0 Å². The topological polar surface area (TPSA) is 38.7 Å². The van der Waals surface area contributed by atoms with E-state index in [0.717, 1.165) is 30.6 Å². The molecule has 0 atom stereocenters. The Morgan fingerprint density at radius 2 is 2.12 bits per heavy atom. The number of methoxy groups -OCH3 is 1. The van der Waals surface area contributed by atoms with Gasteiger partial charge in [-0.1, -0.05) is 13.0 Å². The lowest BCUT2D eigenvalue weighted by molar-refractivity contribution is 0.0498. The van der Waals surface area contributed by atoms with Crippen LogP contribution in [0.3, 0.4) is 0 Å². The summed E-state index contributed by atoms with van der Waals surface area (Å²) in [5, 5.41) is 9.98. The van der Waals surface area contributed by atoms with Crippen LogP contribution >= 0.6 is 0 Å². The van der Waals surface area contributed by atoms with Crippen LogP contribution in [0.1, 0.15) is 31.7 Å². The molecule has 1 N–H and O–H groups in total. The molecule has 16 heavy (non-hydrogen) atoms. The second-order valence-electron chi connectivity index (χ2n) is 4.34. The minimum Gasteiger partial charge on any atom is -0.508 e. The predicted octanol–water partition coefficient (Wildman–Crippen LogP) is 2.82. The highest BCUT2D eigenvalue weighted by Gasteiger charge is 2.46. The average Bonchev–Trinajstić information content (AvgIpc) is 3.07. The Morgan fingerprint density at radius 3 is 2.69 bits per heavy atom. The smallest absolute Gasteiger partial charge is 0.188 e. The van der Waals surface area contributed by atoms with Crippen molar-refractivity contribution in [3.63, 3.8) is 0 Å².